The summed E-state index contributed by atoms with van der Waals surface area (Å²) in [5, 5.41) is 3.76. The number of hydrogen-bond acceptors (Lipinski definition) is 4. The van der Waals surface area contributed by atoms with Gasteiger partial charge < -0.3 is 14.8 Å². The summed E-state index contributed by atoms with van der Waals surface area (Å²) in [6.45, 7) is 2.68. The normalized spacial score (nSPS) is 10.9. The minimum atomic E-state index is -0.210. The quantitative estimate of drug-likeness (QED) is 0.620. The first kappa shape index (κ1) is 18.5. The van der Waals surface area contributed by atoms with Crippen LogP contribution in [0.4, 0.5) is 5.69 Å². The summed E-state index contributed by atoms with van der Waals surface area (Å²) in [6, 6.07) is 14.9. The molecule has 0 aliphatic rings. The van der Waals surface area contributed by atoms with Gasteiger partial charge in [-0.15, -0.1) is 0 Å². The van der Waals surface area contributed by atoms with E-state index in [1.54, 1.807) is 19.4 Å². The van der Waals surface area contributed by atoms with Crippen molar-refractivity contribution >= 4 is 28.6 Å². The largest absolute Gasteiger partial charge is 0.497 e. The van der Waals surface area contributed by atoms with Crippen LogP contribution in [0.25, 0.3) is 17.0 Å². The Labute approximate surface area is 158 Å². The topological polar surface area (TPSA) is 60.5 Å². The molecule has 0 radical (unpaired) electrons. The fraction of sp³-hybridized carbons (Fsp3) is 0.182. The maximum atomic E-state index is 12.3. The Morgan fingerprint density at radius 1 is 1.15 bits per heavy atom. The molecule has 0 atom stereocenters. The second-order valence-corrected chi connectivity index (χ2v) is 5.96. The summed E-state index contributed by atoms with van der Waals surface area (Å²) in [5.74, 6) is 1.29. The molecular weight excluding hydrogens is 340 g/mol. The van der Waals surface area contributed by atoms with Crippen LogP contribution in [0.3, 0.4) is 0 Å². The molecule has 0 aliphatic heterocycles. The van der Waals surface area contributed by atoms with Crippen LogP contribution in [0.15, 0.2) is 60.8 Å². The molecule has 0 bridgehead atoms. The Bertz CT molecular complexity index is 949. The average Bonchev–Trinajstić information content (AvgIpc) is 2.72. The lowest BCUT2D eigenvalue weighted by Crippen LogP contribution is -2.08. The number of pyridine rings is 1. The number of hydrogen-bond donors (Lipinski definition) is 1. The van der Waals surface area contributed by atoms with Gasteiger partial charge in [0.05, 0.1) is 19.4 Å². The molecule has 1 heterocycles. The lowest BCUT2D eigenvalue weighted by Gasteiger charge is -2.11. The van der Waals surface area contributed by atoms with Crippen LogP contribution in [-0.4, -0.2) is 24.6 Å². The maximum Gasteiger partial charge on any atom is 0.248 e. The lowest BCUT2D eigenvalue weighted by molar-refractivity contribution is -0.111. The molecule has 138 valence electrons. The summed E-state index contributed by atoms with van der Waals surface area (Å²) in [4.78, 5) is 16.7. The Hall–Kier alpha value is -3.34. The van der Waals surface area contributed by atoms with Crippen LogP contribution in [-0.2, 0) is 4.79 Å². The van der Waals surface area contributed by atoms with Crippen molar-refractivity contribution in [3.8, 4) is 11.5 Å². The van der Waals surface area contributed by atoms with Crippen molar-refractivity contribution in [1.29, 1.82) is 0 Å². The second kappa shape index (κ2) is 8.85. The third kappa shape index (κ3) is 4.64. The van der Waals surface area contributed by atoms with E-state index in [2.05, 4.69) is 17.2 Å². The van der Waals surface area contributed by atoms with E-state index >= 15 is 0 Å². The molecule has 3 rings (SSSR count). The summed E-state index contributed by atoms with van der Waals surface area (Å²) < 4.78 is 10.9. The highest BCUT2D eigenvalue weighted by Crippen LogP contribution is 2.30. The smallest absolute Gasteiger partial charge is 0.248 e. The van der Waals surface area contributed by atoms with Crippen LogP contribution < -0.4 is 14.8 Å². The molecule has 5 heteroatoms. The number of ether oxygens (including phenoxy) is 2. The van der Waals surface area contributed by atoms with Crippen molar-refractivity contribution in [3.05, 3.63) is 66.4 Å². The van der Waals surface area contributed by atoms with Crippen LogP contribution in [0, 0.1) is 0 Å². The first-order valence-electron chi connectivity index (χ1n) is 8.85. The SMILES string of the molecule is CCCOc1ccc(NC(=O)/C=C/c2ccc(OC)cc2)c2cccnc12. The van der Waals surface area contributed by atoms with Gasteiger partial charge in [0.2, 0.25) is 5.91 Å². The maximum absolute atomic E-state index is 12.3. The van der Waals surface area contributed by atoms with E-state index in [1.807, 2.05) is 48.5 Å². The number of rotatable bonds is 7. The lowest BCUT2D eigenvalue weighted by atomic mass is 10.1. The number of methoxy groups -OCH3 is 1. The monoisotopic (exact) mass is 362 g/mol. The number of fused-ring (bicyclic) bond motifs is 1. The zero-order valence-corrected chi connectivity index (χ0v) is 15.4. The van der Waals surface area contributed by atoms with Gasteiger partial charge in [0.1, 0.15) is 17.0 Å². The number of anilines is 1. The molecule has 0 spiro atoms. The molecule has 3 aromatic rings. The molecule has 0 unspecified atom stereocenters. The first-order valence-corrected chi connectivity index (χ1v) is 8.85. The third-order valence-corrected chi connectivity index (χ3v) is 4.00. The van der Waals surface area contributed by atoms with Gasteiger partial charge in [-0.25, -0.2) is 0 Å². The summed E-state index contributed by atoms with van der Waals surface area (Å²) in [5.41, 5.74) is 2.36. The third-order valence-electron chi connectivity index (χ3n) is 4.00. The highest BCUT2D eigenvalue weighted by molar-refractivity contribution is 6.07. The fourth-order valence-electron chi connectivity index (χ4n) is 2.65. The number of nitrogens with zero attached hydrogens (tertiary/aromatic N) is 1. The van der Waals surface area contributed by atoms with E-state index in [1.165, 1.54) is 6.08 Å². The summed E-state index contributed by atoms with van der Waals surface area (Å²) in [7, 11) is 1.62. The molecule has 0 saturated heterocycles. The summed E-state index contributed by atoms with van der Waals surface area (Å²) in [6.07, 6.45) is 5.90. The van der Waals surface area contributed by atoms with Gasteiger partial charge in [-0.3, -0.25) is 9.78 Å². The zero-order valence-electron chi connectivity index (χ0n) is 15.4. The molecule has 1 N–H and O–H groups in total. The number of aromatic nitrogens is 1. The van der Waals surface area contributed by atoms with Crippen molar-refractivity contribution < 1.29 is 14.3 Å². The van der Waals surface area contributed by atoms with Crippen molar-refractivity contribution in [1.82, 2.24) is 4.98 Å². The van der Waals surface area contributed by atoms with E-state index in [9.17, 15) is 4.79 Å². The van der Waals surface area contributed by atoms with E-state index in [0.717, 1.165) is 34.4 Å². The van der Waals surface area contributed by atoms with E-state index in [0.29, 0.717) is 12.3 Å². The van der Waals surface area contributed by atoms with Crippen LogP contribution in [0.1, 0.15) is 18.9 Å². The van der Waals surface area contributed by atoms with E-state index in [-0.39, 0.29) is 5.91 Å². The van der Waals surface area contributed by atoms with Gasteiger partial charge >= 0.3 is 0 Å². The molecule has 0 fully saturated rings. The minimum absolute atomic E-state index is 0.210. The Kier molecular flexibility index (Phi) is 6.05. The highest BCUT2D eigenvalue weighted by atomic mass is 16.5. The number of carbonyl (C=O) groups is 1. The average molecular weight is 362 g/mol. The van der Waals surface area contributed by atoms with Gasteiger partial charge in [0.15, 0.2) is 0 Å². The number of amides is 1. The molecule has 1 aromatic heterocycles. The van der Waals surface area contributed by atoms with Crippen LogP contribution in [0.2, 0.25) is 0 Å². The van der Waals surface area contributed by atoms with Gasteiger partial charge in [0, 0.05) is 17.7 Å². The summed E-state index contributed by atoms with van der Waals surface area (Å²) >= 11 is 0. The second-order valence-electron chi connectivity index (χ2n) is 5.96. The van der Waals surface area contributed by atoms with Gasteiger partial charge in [-0.05, 0) is 54.5 Å². The molecule has 0 aliphatic carbocycles. The molecular formula is C22H22N2O3. The van der Waals surface area contributed by atoms with Gasteiger partial charge in [0.25, 0.3) is 0 Å². The van der Waals surface area contributed by atoms with Crippen molar-refractivity contribution in [2.45, 2.75) is 13.3 Å². The molecule has 5 nitrogen and oxygen atoms in total. The van der Waals surface area contributed by atoms with Crippen molar-refractivity contribution in [2.75, 3.05) is 19.0 Å². The van der Waals surface area contributed by atoms with Crippen LogP contribution in [0.5, 0.6) is 11.5 Å². The van der Waals surface area contributed by atoms with Crippen molar-refractivity contribution in [2.24, 2.45) is 0 Å². The van der Waals surface area contributed by atoms with E-state index < -0.39 is 0 Å². The van der Waals surface area contributed by atoms with E-state index in [4.69, 9.17) is 9.47 Å². The van der Waals surface area contributed by atoms with Crippen LogP contribution >= 0.6 is 0 Å². The first-order chi connectivity index (χ1) is 13.2. The predicted molar refractivity (Wildman–Crippen MR) is 108 cm³/mol. The number of benzene rings is 2. The molecule has 1 amide bonds. The molecule has 0 saturated carbocycles. The highest BCUT2D eigenvalue weighted by Gasteiger charge is 2.09. The fourth-order valence-corrected chi connectivity index (χ4v) is 2.65. The molecule has 27 heavy (non-hydrogen) atoms. The van der Waals surface area contributed by atoms with Crippen molar-refractivity contribution in [3.63, 3.8) is 0 Å². The molecule has 2 aromatic carbocycles. The number of carbonyl (C=O) groups excluding carboxylic acids is 1. The van der Waals surface area contributed by atoms with Gasteiger partial charge in [-0.2, -0.15) is 0 Å². The predicted octanol–water partition coefficient (Wildman–Crippen LogP) is 4.68. The number of nitrogens with one attached hydrogen (secondary N) is 1. The zero-order chi connectivity index (χ0) is 19.1. The Balaban J connectivity index is 1.77. The Morgan fingerprint density at radius 3 is 2.70 bits per heavy atom. The minimum Gasteiger partial charge on any atom is -0.497 e. The standard InChI is InChI=1S/C22H22N2O3/c1-3-15-27-20-12-11-19(18-5-4-14-23-22(18)20)24-21(25)13-8-16-6-9-17(26-2)10-7-16/h4-14H,3,15H2,1-2H3,(H,24,25)/b13-8+. The van der Waals surface area contributed by atoms with Gasteiger partial charge in [-0.1, -0.05) is 19.1 Å². The Morgan fingerprint density at radius 2 is 1.96 bits per heavy atom.